The third-order valence-corrected chi connectivity index (χ3v) is 5.04. The van der Waals surface area contributed by atoms with Crippen molar-refractivity contribution in [2.45, 2.75) is 53.1 Å². The van der Waals surface area contributed by atoms with Crippen LogP contribution in [0, 0.1) is 13.8 Å². The average Bonchev–Trinajstić information content (AvgIpc) is 2.69. The molecule has 0 aliphatic carbocycles. The zero-order valence-corrected chi connectivity index (χ0v) is 18.8. The molecule has 0 heterocycles. The first-order valence-electron chi connectivity index (χ1n) is 10.1. The van der Waals surface area contributed by atoms with Gasteiger partial charge >= 0.3 is 11.9 Å². The highest BCUT2D eigenvalue weighted by Crippen LogP contribution is 2.27. The SMILES string of the molecule is CCN(CC)C(C(=O)O)C(C)(C)Nc1c(C)cccc1C.O=C(O)c1ccccc1. The van der Waals surface area contributed by atoms with Crippen molar-refractivity contribution in [3.05, 3.63) is 65.2 Å². The molecule has 0 saturated heterocycles. The number of aliphatic carboxylic acids is 1. The van der Waals surface area contributed by atoms with Gasteiger partial charge in [-0.15, -0.1) is 0 Å². The van der Waals surface area contributed by atoms with E-state index in [0.717, 1.165) is 16.8 Å². The van der Waals surface area contributed by atoms with Crippen LogP contribution >= 0.6 is 0 Å². The number of carboxylic acids is 2. The van der Waals surface area contributed by atoms with Gasteiger partial charge in [0.05, 0.1) is 11.1 Å². The molecular formula is C24H34N2O4. The molecule has 2 aromatic carbocycles. The van der Waals surface area contributed by atoms with Gasteiger partial charge in [-0.3, -0.25) is 9.69 Å². The van der Waals surface area contributed by atoms with Crippen molar-refractivity contribution >= 4 is 17.6 Å². The van der Waals surface area contributed by atoms with Gasteiger partial charge in [-0.1, -0.05) is 50.2 Å². The zero-order chi connectivity index (χ0) is 22.9. The molecule has 164 valence electrons. The molecule has 1 unspecified atom stereocenters. The van der Waals surface area contributed by atoms with E-state index in [9.17, 15) is 14.7 Å². The first kappa shape index (κ1) is 25.2. The summed E-state index contributed by atoms with van der Waals surface area (Å²) < 4.78 is 0. The van der Waals surface area contributed by atoms with Crippen LogP contribution in [0.5, 0.6) is 0 Å². The zero-order valence-electron chi connectivity index (χ0n) is 18.8. The van der Waals surface area contributed by atoms with E-state index in [-0.39, 0.29) is 0 Å². The molecular weight excluding hydrogens is 380 g/mol. The fourth-order valence-corrected chi connectivity index (χ4v) is 3.49. The number of nitrogens with one attached hydrogen (secondary N) is 1. The number of hydrogen-bond donors (Lipinski definition) is 3. The van der Waals surface area contributed by atoms with Crippen LogP contribution in [-0.2, 0) is 4.79 Å². The van der Waals surface area contributed by atoms with Crippen molar-refractivity contribution in [1.82, 2.24) is 4.90 Å². The van der Waals surface area contributed by atoms with Crippen LogP contribution in [0.1, 0.15) is 49.2 Å². The largest absolute Gasteiger partial charge is 0.480 e. The highest BCUT2D eigenvalue weighted by atomic mass is 16.4. The number of aryl methyl sites for hydroxylation is 2. The first-order chi connectivity index (χ1) is 14.0. The van der Waals surface area contributed by atoms with Gasteiger partial charge in [0.15, 0.2) is 0 Å². The standard InChI is InChI=1S/C17H28N2O2.C7H6O2/c1-7-19(8-2)15(16(20)21)17(5,6)18-14-12(3)10-9-11-13(14)4;8-7(9)6-4-2-1-3-5-6/h9-11,15,18H,7-8H2,1-6H3,(H,20,21);1-5H,(H,8,9). The van der Waals surface area contributed by atoms with E-state index in [1.807, 2.05) is 64.6 Å². The summed E-state index contributed by atoms with van der Waals surface area (Å²) in [6.07, 6.45) is 0. The second kappa shape index (κ2) is 11.4. The molecule has 30 heavy (non-hydrogen) atoms. The third-order valence-electron chi connectivity index (χ3n) is 5.04. The number of carbonyl (C=O) groups is 2. The van der Waals surface area contributed by atoms with E-state index in [2.05, 4.69) is 5.32 Å². The third kappa shape index (κ3) is 6.88. The summed E-state index contributed by atoms with van der Waals surface area (Å²) >= 11 is 0. The summed E-state index contributed by atoms with van der Waals surface area (Å²) in [5.41, 5.74) is 3.05. The Morgan fingerprint density at radius 2 is 1.43 bits per heavy atom. The van der Waals surface area contributed by atoms with Crippen LogP contribution in [0.3, 0.4) is 0 Å². The molecule has 0 aliphatic rings. The highest BCUT2D eigenvalue weighted by molar-refractivity contribution is 5.87. The predicted molar refractivity (Wildman–Crippen MR) is 121 cm³/mol. The minimum atomic E-state index is -0.879. The van der Waals surface area contributed by atoms with Crippen LogP contribution in [-0.4, -0.2) is 51.7 Å². The average molecular weight is 415 g/mol. The number of benzene rings is 2. The Kier molecular flexibility index (Phi) is 9.53. The van der Waals surface area contributed by atoms with Gasteiger partial charge < -0.3 is 15.5 Å². The minimum Gasteiger partial charge on any atom is -0.480 e. The smallest absolute Gasteiger partial charge is 0.335 e. The van der Waals surface area contributed by atoms with Gasteiger partial charge in [-0.05, 0) is 64.0 Å². The molecule has 1 atom stereocenters. The number of nitrogens with zero attached hydrogens (tertiary/aromatic N) is 1. The Labute approximate surface area is 179 Å². The number of aromatic carboxylic acids is 1. The molecule has 6 heteroatoms. The maximum atomic E-state index is 11.8. The topological polar surface area (TPSA) is 89.9 Å². The van der Waals surface area contributed by atoms with Crippen LogP contribution in [0.4, 0.5) is 5.69 Å². The monoisotopic (exact) mass is 414 g/mol. The van der Waals surface area contributed by atoms with Crippen molar-refractivity contribution in [2.24, 2.45) is 0 Å². The summed E-state index contributed by atoms with van der Waals surface area (Å²) in [4.78, 5) is 24.0. The number of rotatable bonds is 8. The lowest BCUT2D eigenvalue weighted by atomic mass is 9.91. The number of para-hydroxylation sites is 1. The van der Waals surface area contributed by atoms with Gasteiger partial charge in [0.2, 0.25) is 0 Å². The second-order valence-corrected chi connectivity index (χ2v) is 7.75. The van der Waals surface area contributed by atoms with Gasteiger partial charge in [0.1, 0.15) is 6.04 Å². The maximum Gasteiger partial charge on any atom is 0.335 e. The molecule has 0 amide bonds. The van der Waals surface area contributed by atoms with E-state index in [1.165, 1.54) is 0 Å². The molecule has 0 saturated carbocycles. The lowest BCUT2D eigenvalue weighted by Crippen LogP contribution is -2.58. The van der Waals surface area contributed by atoms with E-state index < -0.39 is 23.5 Å². The van der Waals surface area contributed by atoms with E-state index in [4.69, 9.17) is 5.11 Å². The van der Waals surface area contributed by atoms with Crippen molar-refractivity contribution in [2.75, 3.05) is 18.4 Å². The molecule has 0 radical (unpaired) electrons. The Bertz CT molecular complexity index is 810. The molecule has 0 aliphatic heterocycles. The van der Waals surface area contributed by atoms with Crippen LogP contribution in [0.25, 0.3) is 0 Å². The lowest BCUT2D eigenvalue weighted by molar-refractivity contribution is -0.145. The fourth-order valence-electron chi connectivity index (χ4n) is 3.49. The predicted octanol–water partition coefficient (Wildman–Crippen LogP) is 4.67. The number of likely N-dealkylation sites (N-methyl/N-ethyl adjacent to an activating group) is 1. The van der Waals surface area contributed by atoms with Gasteiger partial charge in [0.25, 0.3) is 0 Å². The molecule has 2 aromatic rings. The Hall–Kier alpha value is -2.86. The Morgan fingerprint density at radius 3 is 1.80 bits per heavy atom. The van der Waals surface area contributed by atoms with Gasteiger partial charge in [0, 0.05) is 5.69 Å². The molecule has 0 aromatic heterocycles. The normalized spacial score (nSPS) is 12.0. The lowest BCUT2D eigenvalue weighted by Gasteiger charge is -2.40. The van der Waals surface area contributed by atoms with E-state index in [1.54, 1.807) is 30.3 Å². The summed E-state index contributed by atoms with van der Waals surface area (Å²) in [6.45, 7) is 13.4. The number of anilines is 1. The van der Waals surface area contributed by atoms with Crippen LogP contribution in [0.15, 0.2) is 48.5 Å². The van der Waals surface area contributed by atoms with Crippen molar-refractivity contribution in [1.29, 1.82) is 0 Å². The second-order valence-electron chi connectivity index (χ2n) is 7.75. The van der Waals surface area contributed by atoms with Crippen molar-refractivity contribution in [3.8, 4) is 0 Å². The van der Waals surface area contributed by atoms with Crippen molar-refractivity contribution < 1.29 is 19.8 Å². The molecule has 0 spiro atoms. The fraction of sp³-hybridized carbons (Fsp3) is 0.417. The quantitative estimate of drug-likeness (QED) is 0.581. The van der Waals surface area contributed by atoms with E-state index in [0.29, 0.717) is 18.7 Å². The summed E-state index contributed by atoms with van der Waals surface area (Å²) in [6, 6.07) is 13.8. The van der Waals surface area contributed by atoms with E-state index >= 15 is 0 Å². The maximum absolute atomic E-state index is 11.8. The number of hydrogen-bond acceptors (Lipinski definition) is 4. The molecule has 0 fully saturated rings. The molecule has 2 rings (SSSR count). The molecule has 3 N–H and O–H groups in total. The summed E-state index contributed by atoms with van der Waals surface area (Å²) in [5, 5.41) is 21.5. The number of carboxylic acid groups (broad SMARTS) is 2. The van der Waals surface area contributed by atoms with Gasteiger partial charge in [-0.25, -0.2) is 4.79 Å². The summed E-state index contributed by atoms with van der Waals surface area (Å²) in [5.74, 6) is -1.67. The van der Waals surface area contributed by atoms with Crippen LogP contribution < -0.4 is 5.32 Å². The highest BCUT2D eigenvalue weighted by Gasteiger charge is 2.39. The molecule has 6 nitrogen and oxygen atoms in total. The van der Waals surface area contributed by atoms with Gasteiger partial charge in [-0.2, -0.15) is 0 Å². The first-order valence-corrected chi connectivity index (χ1v) is 10.1. The van der Waals surface area contributed by atoms with Crippen molar-refractivity contribution in [3.63, 3.8) is 0 Å². The molecule has 0 bridgehead atoms. The van der Waals surface area contributed by atoms with Crippen LogP contribution in [0.2, 0.25) is 0 Å². The Morgan fingerprint density at radius 1 is 0.933 bits per heavy atom. The minimum absolute atomic E-state index is 0.331. The summed E-state index contributed by atoms with van der Waals surface area (Å²) in [7, 11) is 0. The Balaban J connectivity index is 0.000000414.